The number of carbonyl (C=O) groups is 1. The van der Waals surface area contributed by atoms with E-state index in [0.717, 1.165) is 12.5 Å². The molecular formula is C11H27NO5Si4. The molecule has 2 unspecified atom stereocenters. The summed E-state index contributed by atoms with van der Waals surface area (Å²) in [4.78, 5) is 13.1. The number of rotatable bonds is 5. The zero-order valence-corrected chi connectivity index (χ0v) is 18.1. The molecule has 0 radical (unpaired) electrons. The van der Waals surface area contributed by atoms with Crippen molar-refractivity contribution in [3.63, 3.8) is 0 Å². The van der Waals surface area contributed by atoms with Crippen LogP contribution in [-0.2, 0) is 21.3 Å². The second-order valence-electron chi connectivity index (χ2n) is 5.41. The van der Waals surface area contributed by atoms with Crippen molar-refractivity contribution in [3.05, 3.63) is 12.7 Å². The van der Waals surface area contributed by atoms with Gasteiger partial charge in [-0.05, 0) is 44.7 Å². The van der Waals surface area contributed by atoms with Crippen LogP contribution in [-0.4, -0.2) is 60.8 Å². The minimum Gasteiger partial charge on any atom is -0.420 e. The second-order valence-corrected chi connectivity index (χ2v) is 15.6. The molecule has 6 nitrogen and oxygen atoms in total. The molecule has 21 heavy (non-hydrogen) atoms. The lowest BCUT2D eigenvalue weighted by Gasteiger charge is -2.37. The van der Waals surface area contributed by atoms with Crippen LogP contribution in [0.5, 0.6) is 0 Å². The fourth-order valence-corrected chi connectivity index (χ4v) is 17.1. The molecule has 0 aliphatic carbocycles. The standard InChI is InChI=1S/C11H27NO5Si4/c1-7-11(13)12(2)9-8-10-21(6)16-19(4)14-18(3)15-20(5)17-21/h7,18-20H,1,8-10H2,2-6H3. The maximum absolute atomic E-state index is 11.4. The summed E-state index contributed by atoms with van der Waals surface area (Å²) in [5.41, 5.74) is 0. The van der Waals surface area contributed by atoms with Crippen LogP contribution in [0.15, 0.2) is 12.7 Å². The summed E-state index contributed by atoms with van der Waals surface area (Å²) >= 11 is 0. The van der Waals surface area contributed by atoms with Gasteiger partial charge >= 0.3 is 8.56 Å². The van der Waals surface area contributed by atoms with E-state index in [9.17, 15) is 4.79 Å². The molecule has 0 aromatic carbocycles. The summed E-state index contributed by atoms with van der Waals surface area (Å²) in [6, 6.07) is 0.846. The van der Waals surface area contributed by atoms with E-state index in [1.807, 2.05) is 19.6 Å². The molecule has 1 amide bonds. The summed E-state index contributed by atoms with van der Waals surface area (Å²) in [5, 5.41) is 0. The number of hydrogen-bond acceptors (Lipinski definition) is 5. The van der Waals surface area contributed by atoms with E-state index in [2.05, 4.69) is 13.1 Å². The summed E-state index contributed by atoms with van der Waals surface area (Å²) < 4.78 is 24.1. The van der Waals surface area contributed by atoms with Crippen molar-refractivity contribution < 1.29 is 21.3 Å². The fourth-order valence-electron chi connectivity index (χ4n) is 2.38. The van der Waals surface area contributed by atoms with Crippen molar-refractivity contribution >= 4 is 42.3 Å². The molecule has 1 rings (SSSR count). The molecule has 0 spiro atoms. The van der Waals surface area contributed by atoms with Crippen molar-refractivity contribution in [2.75, 3.05) is 13.6 Å². The maximum atomic E-state index is 11.4. The highest BCUT2D eigenvalue weighted by Crippen LogP contribution is 2.21. The Morgan fingerprint density at radius 1 is 1.19 bits per heavy atom. The van der Waals surface area contributed by atoms with Gasteiger partial charge in [0.25, 0.3) is 27.9 Å². The highest BCUT2D eigenvalue weighted by molar-refractivity contribution is 6.81. The van der Waals surface area contributed by atoms with E-state index < -0.39 is 36.4 Å². The number of likely N-dealkylation sites (N-methyl/N-ethyl adjacent to an activating group) is 1. The summed E-state index contributed by atoms with van der Waals surface area (Å²) in [5.74, 6) is -0.0571. The van der Waals surface area contributed by atoms with E-state index in [4.69, 9.17) is 16.5 Å². The SMILES string of the molecule is C=CC(=O)N(C)CCC[Si]1(C)O[SiH](C)O[SiH](C)O[SiH](C)O1. The van der Waals surface area contributed by atoms with Crippen LogP contribution in [0.2, 0.25) is 32.2 Å². The summed E-state index contributed by atoms with van der Waals surface area (Å²) in [7, 11) is -5.39. The molecule has 1 aliphatic heterocycles. The van der Waals surface area contributed by atoms with Crippen LogP contribution in [0.4, 0.5) is 0 Å². The average Bonchev–Trinajstić information content (AvgIpc) is 2.34. The molecule has 0 N–H and O–H groups in total. The van der Waals surface area contributed by atoms with Crippen LogP contribution in [0.25, 0.3) is 0 Å². The second kappa shape index (κ2) is 8.52. The number of carbonyl (C=O) groups excluding carboxylic acids is 1. The van der Waals surface area contributed by atoms with Crippen LogP contribution < -0.4 is 0 Å². The van der Waals surface area contributed by atoms with Crippen molar-refractivity contribution in [1.82, 2.24) is 4.90 Å². The van der Waals surface area contributed by atoms with Gasteiger partial charge in [-0.25, -0.2) is 0 Å². The van der Waals surface area contributed by atoms with Gasteiger partial charge in [0.05, 0.1) is 0 Å². The first kappa shape index (κ1) is 19.0. The third kappa shape index (κ3) is 6.69. The number of amides is 1. The molecule has 10 heteroatoms. The largest absolute Gasteiger partial charge is 0.420 e. The minimum atomic E-state index is -2.25. The normalized spacial score (nSPS) is 33.9. The van der Waals surface area contributed by atoms with Crippen LogP contribution in [0.3, 0.4) is 0 Å². The lowest BCUT2D eigenvalue weighted by atomic mass is 10.4. The Bertz CT molecular complexity index is 359. The van der Waals surface area contributed by atoms with Crippen molar-refractivity contribution in [2.45, 2.75) is 38.7 Å². The Kier molecular flexibility index (Phi) is 7.70. The van der Waals surface area contributed by atoms with Crippen LogP contribution in [0, 0.1) is 0 Å². The van der Waals surface area contributed by atoms with E-state index in [0.29, 0.717) is 6.54 Å². The first-order chi connectivity index (χ1) is 9.75. The average molecular weight is 366 g/mol. The third-order valence-corrected chi connectivity index (χ3v) is 17.3. The number of hydrogen-bond donors (Lipinski definition) is 0. The van der Waals surface area contributed by atoms with E-state index in [1.54, 1.807) is 11.9 Å². The maximum Gasteiger partial charge on any atom is 0.317 e. The van der Waals surface area contributed by atoms with Gasteiger partial charge in [-0.3, -0.25) is 4.79 Å². The highest BCUT2D eigenvalue weighted by Gasteiger charge is 2.39. The first-order valence-electron chi connectivity index (χ1n) is 7.30. The van der Waals surface area contributed by atoms with Gasteiger partial charge in [-0.1, -0.05) is 6.58 Å². The van der Waals surface area contributed by atoms with Gasteiger partial charge in [0, 0.05) is 13.6 Å². The predicted octanol–water partition coefficient (Wildman–Crippen LogP) is 0.724. The summed E-state index contributed by atoms with van der Waals surface area (Å²) in [6.45, 7) is 12.4. The Labute approximate surface area is 133 Å². The van der Waals surface area contributed by atoms with Gasteiger partial charge in [0.2, 0.25) is 5.91 Å². The molecular weight excluding hydrogens is 338 g/mol. The van der Waals surface area contributed by atoms with Gasteiger partial charge in [-0.2, -0.15) is 0 Å². The van der Waals surface area contributed by atoms with E-state index in [-0.39, 0.29) is 5.91 Å². The van der Waals surface area contributed by atoms with E-state index in [1.165, 1.54) is 6.08 Å². The van der Waals surface area contributed by atoms with Crippen LogP contribution in [0.1, 0.15) is 6.42 Å². The zero-order chi connectivity index (χ0) is 16.0. The minimum absolute atomic E-state index is 0.0571. The predicted molar refractivity (Wildman–Crippen MR) is 92.3 cm³/mol. The molecule has 1 saturated heterocycles. The fraction of sp³-hybridized carbons (Fsp3) is 0.727. The van der Waals surface area contributed by atoms with Gasteiger partial charge in [0.15, 0.2) is 0 Å². The van der Waals surface area contributed by atoms with Crippen molar-refractivity contribution in [2.24, 2.45) is 0 Å². The Hall–Kier alpha value is -0.0825. The molecule has 0 bridgehead atoms. The third-order valence-electron chi connectivity index (χ3n) is 3.27. The summed E-state index contributed by atoms with van der Waals surface area (Å²) in [6.07, 6.45) is 2.19. The molecule has 122 valence electrons. The molecule has 1 heterocycles. The van der Waals surface area contributed by atoms with Crippen molar-refractivity contribution in [1.29, 1.82) is 0 Å². The molecule has 1 fully saturated rings. The molecule has 2 atom stereocenters. The smallest absolute Gasteiger partial charge is 0.317 e. The number of nitrogens with zero attached hydrogens (tertiary/aromatic N) is 1. The molecule has 0 saturated carbocycles. The Morgan fingerprint density at radius 2 is 1.71 bits per heavy atom. The zero-order valence-electron chi connectivity index (χ0n) is 13.6. The Balaban J connectivity index is 2.53. The lowest BCUT2D eigenvalue weighted by molar-refractivity contribution is -0.124. The van der Waals surface area contributed by atoms with E-state index >= 15 is 0 Å². The van der Waals surface area contributed by atoms with Gasteiger partial charge < -0.3 is 21.4 Å². The molecule has 0 aromatic heterocycles. The molecule has 0 aromatic rings. The molecule has 1 aliphatic rings. The van der Waals surface area contributed by atoms with Gasteiger partial charge in [-0.15, -0.1) is 0 Å². The topological polar surface area (TPSA) is 57.2 Å². The highest BCUT2D eigenvalue weighted by atomic mass is 28.5. The Morgan fingerprint density at radius 3 is 2.19 bits per heavy atom. The monoisotopic (exact) mass is 365 g/mol. The first-order valence-corrected chi connectivity index (χ1v) is 16.1. The van der Waals surface area contributed by atoms with Crippen LogP contribution >= 0.6 is 0 Å². The quantitative estimate of drug-likeness (QED) is 0.531. The van der Waals surface area contributed by atoms with Gasteiger partial charge in [0.1, 0.15) is 0 Å². The lowest BCUT2D eigenvalue weighted by Crippen LogP contribution is -2.53. The van der Waals surface area contributed by atoms with Crippen molar-refractivity contribution in [3.8, 4) is 0 Å².